The van der Waals surface area contributed by atoms with Gasteiger partial charge >= 0.3 is 0 Å². The Morgan fingerprint density at radius 2 is 1.86 bits per heavy atom. The molecular formula is C22H22N4O3. The molecule has 0 atom stereocenters. The molecule has 2 saturated heterocycles. The molecule has 0 radical (unpaired) electrons. The number of nitrogens with one attached hydrogen (secondary N) is 1. The van der Waals surface area contributed by atoms with Gasteiger partial charge in [-0.15, -0.1) is 0 Å². The summed E-state index contributed by atoms with van der Waals surface area (Å²) in [5, 5.41) is 4.40. The summed E-state index contributed by atoms with van der Waals surface area (Å²) in [5.74, 6) is -0.509. The molecule has 1 aromatic carbocycles. The van der Waals surface area contributed by atoms with Crippen molar-refractivity contribution < 1.29 is 14.3 Å². The Hall–Kier alpha value is -3.03. The predicted octanol–water partition coefficient (Wildman–Crippen LogP) is 3.35. The molecule has 2 aliphatic heterocycles. The quantitative estimate of drug-likeness (QED) is 0.739. The second kappa shape index (κ2) is 7.42. The Morgan fingerprint density at radius 1 is 1.07 bits per heavy atom. The number of hydrogen-bond donors (Lipinski definition) is 1. The summed E-state index contributed by atoms with van der Waals surface area (Å²) in [7, 11) is 0. The van der Waals surface area contributed by atoms with Crippen LogP contribution in [0.4, 0.5) is 11.4 Å². The first-order chi connectivity index (χ1) is 14.2. The van der Waals surface area contributed by atoms with Crippen LogP contribution < -0.4 is 5.32 Å². The zero-order valence-corrected chi connectivity index (χ0v) is 16.0. The average Bonchev–Trinajstić information content (AvgIpc) is 3.22. The summed E-state index contributed by atoms with van der Waals surface area (Å²) in [6.45, 7) is 2.50. The monoisotopic (exact) mass is 390 g/mol. The molecule has 7 nitrogen and oxygen atoms in total. The van der Waals surface area contributed by atoms with Gasteiger partial charge in [0.2, 0.25) is 0 Å². The minimum atomic E-state index is -0.486. The van der Waals surface area contributed by atoms with Gasteiger partial charge in [-0.2, -0.15) is 0 Å². The fourth-order valence-corrected chi connectivity index (χ4v) is 4.00. The fraction of sp³-hybridized carbons (Fsp3) is 0.318. The molecule has 148 valence electrons. The lowest BCUT2D eigenvalue weighted by molar-refractivity contribution is -0.181. The van der Waals surface area contributed by atoms with Crippen molar-refractivity contribution in [2.45, 2.75) is 18.6 Å². The Kier molecular flexibility index (Phi) is 4.61. The van der Waals surface area contributed by atoms with Crippen molar-refractivity contribution in [3.63, 3.8) is 0 Å². The Bertz CT molecular complexity index is 1030. The number of hydrogen-bond acceptors (Lipinski definition) is 6. The summed E-state index contributed by atoms with van der Waals surface area (Å²) in [6, 6.07) is 11.7. The average molecular weight is 390 g/mol. The highest BCUT2D eigenvalue weighted by Gasteiger charge is 2.40. The zero-order valence-electron chi connectivity index (χ0n) is 16.0. The number of ether oxygens (including phenoxy) is 2. The lowest BCUT2D eigenvalue weighted by Crippen LogP contribution is -2.47. The summed E-state index contributed by atoms with van der Waals surface area (Å²) < 4.78 is 11.5. The van der Waals surface area contributed by atoms with E-state index in [0.29, 0.717) is 44.7 Å². The molecule has 0 saturated carbocycles. The van der Waals surface area contributed by atoms with Gasteiger partial charge in [-0.25, -0.2) is 0 Å². The molecule has 0 bridgehead atoms. The number of amides is 1. The molecule has 0 unspecified atom stereocenters. The van der Waals surface area contributed by atoms with E-state index in [9.17, 15) is 4.79 Å². The normalized spacial score (nSPS) is 18.3. The van der Waals surface area contributed by atoms with Crippen molar-refractivity contribution in [3.8, 4) is 0 Å². The van der Waals surface area contributed by atoms with Crippen LogP contribution in [0.5, 0.6) is 0 Å². The van der Waals surface area contributed by atoms with E-state index in [-0.39, 0.29) is 5.91 Å². The summed E-state index contributed by atoms with van der Waals surface area (Å²) in [4.78, 5) is 23.6. The Morgan fingerprint density at radius 3 is 2.69 bits per heavy atom. The number of anilines is 2. The number of pyridine rings is 2. The van der Waals surface area contributed by atoms with Crippen molar-refractivity contribution >= 4 is 28.2 Å². The molecular weight excluding hydrogens is 368 g/mol. The van der Waals surface area contributed by atoms with Crippen LogP contribution >= 0.6 is 0 Å². The highest BCUT2D eigenvalue weighted by Crippen LogP contribution is 2.32. The van der Waals surface area contributed by atoms with Gasteiger partial charge in [0.05, 0.1) is 41.9 Å². The molecule has 5 rings (SSSR count). The van der Waals surface area contributed by atoms with Crippen LogP contribution in [0.25, 0.3) is 10.9 Å². The summed E-state index contributed by atoms with van der Waals surface area (Å²) in [5.41, 5.74) is 3.08. The highest BCUT2D eigenvalue weighted by atomic mass is 16.7. The first kappa shape index (κ1) is 18.0. The minimum Gasteiger partial charge on any atom is -0.352 e. The number of likely N-dealkylation sites (tertiary alicyclic amines) is 1. The summed E-state index contributed by atoms with van der Waals surface area (Å²) >= 11 is 0. The van der Waals surface area contributed by atoms with E-state index in [1.807, 2.05) is 41.3 Å². The van der Waals surface area contributed by atoms with Crippen molar-refractivity contribution in [1.82, 2.24) is 14.9 Å². The maximum atomic E-state index is 13.0. The number of piperidine rings is 1. The SMILES string of the molecule is O=C(c1cncc(Nc2cccc3cccnc23)c1)N1CCC2(CC1)OCCO2. The molecule has 7 heteroatoms. The van der Waals surface area contributed by atoms with Gasteiger partial charge in [-0.05, 0) is 18.2 Å². The molecule has 2 fully saturated rings. The third-order valence-electron chi connectivity index (χ3n) is 5.52. The maximum Gasteiger partial charge on any atom is 0.255 e. The standard InChI is InChI=1S/C22H22N4O3/c27-21(26-9-6-22(7-10-26)28-11-12-29-22)17-13-18(15-23-14-17)25-19-5-1-3-16-4-2-8-24-20(16)19/h1-5,8,13-15,25H,6-7,9-12H2. The third-order valence-corrected chi connectivity index (χ3v) is 5.52. The Labute approximate surface area is 168 Å². The third kappa shape index (κ3) is 3.54. The van der Waals surface area contributed by atoms with Gasteiger partial charge < -0.3 is 19.7 Å². The highest BCUT2D eigenvalue weighted by molar-refractivity contribution is 5.96. The number of para-hydroxylation sites is 1. The van der Waals surface area contributed by atoms with Crippen LogP contribution in [0.2, 0.25) is 0 Å². The predicted molar refractivity (Wildman–Crippen MR) is 109 cm³/mol. The number of fused-ring (bicyclic) bond motifs is 1. The Balaban J connectivity index is 1.32. The van der Waals surface area contributed by atoms with Crippen molar-refractivity contribution in [1.29, 1.82) is 0 Å². The van der Waals surface area contributed by atoms with Gasteiger partial charge in [0, 0.05) is 43.7 Å². The number of nitrogens with zero attached hydrogens (tertiary/aromatic N) is 3. The van der Waals surface area contributed by atoms with E-state index in [1.54, 1.807) is 18.6 Å². The molecule has 29 heavy (non-hydrogen) atoms. The number of aromatic nitrogens is 2. The fourth-order valence-electron chi connectivity index (χ4n) is 4.00. The zero-order chi connectivity index (χ0) is 19.7. The largest absolute Gasteiger partial charge is 0.352 e. The number of benzene rings is 1. The molecule has 1 spiro atoms. The molecule has 2 aromatic heterocycles. The van der Waals surface area contributed by atoms with Gasteiger partial charge in [0.1, 0.15) is 0 Å². The van der Waals surface area contributed by atoms with Crippen LogP contribution in [-0.2, 0) is 9.47 Å². The van der Waals surface area contributed by atoms with Crippen molar-refractivity contribution in [3.05, 3.63) is 60.6 Å². The van der Waals surface area contributed by atoms with E-state index in [4.69, 9.17) is 9.47 Å². The molecule has 2 aliphatic rings. The van der Waals surface area contributed by atoms with Crippen molar-refractivity contribution in [2.24, 2.45) is 0 Å². The second-order valence-corrected chi connectivity index (χ2v) is 7.37. The smallest absolute Gasteiger partial charge is 0.255 e. The first-order valence-corrected chi connectivity index (χ1v) is 9.86. The first-order valence-electron chi connectivity index (χ1n) is 9.86. The van der Waals surface area contributed by atoms with Crippen molar-refractivity contribution in [2.75, 3.05) is 31.6 Å². The number of carbonyl (C=O) groups excluding carboxylic acids is 1. The van der Waals surface area contributed by atoms with Crippen LogP contribution in [0, 0.1) is 0 Å². The molecule has 0 aliphatic carbocycles. The van der Waals surface area contributed by atoms with E-state index >= 15 is 0 Å². The second-order valence-electron chi connectivity index (χ2n) is 7.37. The van der Waals surface area contributed by atoms with E-state index < -0.39 is 5.79 Å². The van der Waals surface area contributed by atoms with Crippen LogP contribution in [0.1, 0.15) is 23.2 Å². The van der Waals surface area contributed by atoms with Gasteiger partial charge in [0.15, 0.2) is 5.79 Å². The van der Waals surface area contributed by atoms with Gasteiger partial charge in [0.25, 0.3) is 5.91 Å². The van der Waals surface area contributed by atoms with Gasteiger partial charge in [-0.1, -0.05) is 18.2 Å². The maximum absolute atomic E-state index is 13.0. The number of rotatable bonds is 3. The summed E-state index contributed by atoms with van der Waals surface area (Å²) in [6.07, 6.45) is 6.50. The lowest BCUT2D eigenvalue weighted by Gasteiger charge is -2.37. The molecule has 1 amide bonds. The van der Waals surface area contributed by atoms with E-state index in [0.717, 1.165) is 22.3 Å². The van der Waals surface area contributed by atoms with Crippen LogP contribution in [0.3, 0.4) is 0 Å². The number of carbonyl (C=O) groups is 1. The van der Waals surface area contributed by atoms with E-state index in [1.165, 1.54) is 0 Å². The molecule has 3 aromatic rings. The molecule has 4 heterocycles. The van der Waals surface area contributed by atoms with E-state index in [2.05, 4.69) is 15.3 Å². The van der Waals surface area contributed by atoms with Crippen LogP contribution in [0.15, 0.2) is 55.0 Å². The molecule has 1 N–H and O–H groups in total. The minimum absolute atomic E-state index is 0.0231. The van der Waals surface area contributed by atoms with Crippen LogP contribution in [-0.4, -0.2) is 52.9 Å². The topological polar surface area (TPSA) is 76.6 Å². The van der Waals surface area contributed by atoms with Gasteiger partial charge in [-0.3, -0.25) is 14.8 Å². The lowest BCUT2D eigenvalue weighted by atomic mass is 10.0.